The Bertz CT molecular complexity index is 1040. The summed E-state index contributed by atoms with van der Waals surface area (Å²) in [5.41, 5.74) is 3.94. The van der Waals surface area contributed by atoms with Crippen LogP contribution in [0.2, 0.25) is 0 Å². The summed E-state index contributed by atoms with van der Waals surface area (Å²) in [6, 6.07) is 22.3. The van der Waals surface area contributed by atoms with E-state index < -0.39 is 0 Å². The van der Waals surface area contributed by atoms with Gasteiger partial charge in [-0.3, -0.25) is 0 Å². The zero-order chi connectivity index (χ0) is 14.5. The summed E-state index contributed by atoms with van der Waals surface area (Å²) in [5, 5.41) is 5.69. The number of benzene rings is 3. The highest BCUT2D eigenvalue weighted by atomic mass is 16.5. The maximum absolute atomic E-state index is 6.01. The van der Waals surface area contributed by atoms with Crippen LogP contribution in [0.5, 0.6) is 11.5 Å². The van der Waals surface area contributed by atoms with Crippen molar-refractivity contribution in [1.29, 1.82) is 0 Å². The van der Waals surface area contributed by atoms with Gasteiger partial charge in [0.15, 0.2) is 11.5 Å². The average molecular weight is 284 g/mol. The van der Waals surface area contributed by atoms with Crippen molar-refractivity contribution in [2.24, 2.45) is 0 Å². The van der Waals surface area contributed by atoms with E-state index >= 15 is 0 Å². The molecule has 1 aliphatic heterocycles. The quantitative estimate of drug-likeness (QED) is 0.395. The molecule has 0 atom stereocenters. The largest absolute Gasteiger partial charge is 0.453 e. The molecule has 3 aromatic carbocycles. The Balaban J connectivity index is 1.81. The van der Waals surface area contributed by atoms with Crippen LogP contribution in [0.15, 0.2) is 66.7 Å². The maximum Gasteiger partial charge on any atom is 0.151 e. The molecule has 4 aromatic rings. The van der Waals surface area contributed by atoms with Crippen molar-refractivity contribution in [1.82, 2.24) is 4.98 Å². The molecule has 1 aromatic heterocycles. The SMILES string of the molecule is c1ccc2c(c1)Nc1c(ccc3nc4ccccc4cc13)O2. The van der Waals surface area contributed by atoms with Crippen LogP contribution in [-0.2, 0) is 0 Å². The summed E-state index contributed by atoms with van der Waals surface area (Å²) >= 11 is 0. The highest BCUT2D eigenvalue weighted by Gasteiger charge is 2.18. The minimum Gasteiger partial charge on any atom is -0.453 e. The summed E-state index contributed by atoms with van der Waals surface area (Å²) < 4.78 is 6.01. The first-order chi connectivity index (χ1) is 10.9. The summed E-state index contributed by atoms with van der Waals surface area (Å²) in [5.74, 6) is 1.69. The van der Waals surface area contributed by atoms with Gasteiger partial charge < -0.3 is 10.1 Å². The van der Waals surface area contributed by atoms with E-state index in [1.165, 1.54) is 0 Å². The lowest BCUT2D eigenvalue weighted by atomic mass is 10.1. The van der Waals surface area contributed by atoms with Crippen LogP contribution in [0.4, 0.5) is 11.4 Å². The van der Waals surface area contributed by atoms with Gasteiger partial charge in [-0.05, 0) is 36.4 Å². The first-order valence-electron chi connectivity index (χ1n) is 7.25. The van der Waals surface area contributed by atoms with Gasteiger partial charge in [-0.2, -0.15) is 0 Å². The number of ether oxygens (including phenoxy) is 1. The van der Waals surface area contributed by atoms with E-state index in [-0.39, 0.29) is 0 Å². The lowest BCUT2D eigenvalue weighted by Crippen LogP contribution is -2.03. The van der Waals surface area contributed by atoms with Gasteiger partial charge in [0.05, 0.1) is 22.4 Å². The number of hydrogen-bond donors (Lipinski definition) is 1. The molecule has 0 saturated heterocycles. The molecule has 104 valence electrons. The van der Waals surface area contributed by atoms with Gasteiger partial charge in [0.25, 0.3) is 0 Å². The summed E-state index contributed by atoms with van der Waals surface area (Å²) in [4.78, 5) is 4.75. The van der Waals surface area contributed by atoms with E-state index in [0.717, 1.165) is 44.7 Å². The number of pyridine rings is 1. The third-order valence-corrected chi connectivity index (χ3v) is 4.03. The van der Waals surface area contributed by atoms with Crippen molar-refractivity contribution < 1.29 is 4.74 Å². The van der Waals surface area contributed by atoms with Gasteiger partial charge in [-0.15, -0.1) is 0 Å². The van der Waals surface area contributed by atoms with Gasteiger partial charge >= 0.3 is 0 Å². The molecule has 0 spiro atoms. The van der Waals surface area contributed by atoms with E-state index in [4.69, 9.17) is 9.72 Å². The Morgan fingerprint density at radius 3 is 2.64 bits per heavy atom. The zero-order valence-electron chi connectivity index (χ0n) is 11.7. The topological polar surface area (TPSA) is 34.2 Å². The van der Waals surface area contributed by atoms with Crippen LogP contribution in [0, 0.1) is 0 Å². The highest BCUT2D eigenvalue weighted by molar-refractivity contribution is 6.03. The maximum atomic E-state index is 6.01. The van der Waals surface area contributed by atoms with Gasteiger partial charge in [-0.1, -0.05) is 30.3 Å². The van der Waals surface area contributed by atoms with Crippen molar-refractivity contribution in [2.75, 3.05) is 5.32 Å². The zero-order valence-corrected chi connectivity index (χ0v) is 11.7. The molecule has 2 heterocycles. The van der Waals surface area contributed by atoms with Crippen molar-refractivity contribution in [3.8, 4) is 11.5 Å². The van der Waals surface area contributed by atoms with Crippen molar-refractivity contribution in [3.63, 3.8) is 0 Å². The predicted molar refractivity (Wildman–Crippen MR) is 89.0 cm³/mol. The Hall–Kier alpha value is -3.07. The molecule has 0 fully saturated rings. The van der Waals surface area contributed by atoms with Gasteiger partial charge in [0, 0.05) is 10.8 Å². The standard InChI is InChI=1S/C19H12N2O/c1-2-6-14-12(5-1)11-13-15(20-14)9-10-18-19(13)21-16-7-3-4-8-17(16)22-18/h1-11,21H. The molecule has 5 rings (SSSR count). The molecular formula is C19H12N2O. The monoisotopic (exact) mass is 284 g/mol. The van der Waals surface area contributed by atoms with Crippen LogP contribution in [0.3, 0.4) is 0 Å². The third kappa shape index (κ3) is 1.59. The number of nitrogens with one attached hydrogen (secondary N) is 1. The van der Waals surface area contributed by atoms with Crippen LogP contribution in [-0.4, -0.2) is 4.98 Å². The van der Waals surface area contributed by atoms with E-state index in [1.807, 2.05) is 54.6 Å². The lowest BCUT2D eigenvalue weighted by molar-refractivity contribution is 0.482. The Labute approximate surface area is 127 Å². The number of nitrogens with zero attached hydrogens (tertiary/aromatic N) is 1. The van der Waals surface area contributed by atoms with Crippen LogP contribution < -0.4 is 10.1 Å². The van der Waals surface area contributed by atoms with Crippen molar-refractivity contribution in [2.45, 2.75) is 0 Å². The second-order valence-corrected chi connectivity index (χ2v) is 5.41. The summed E-state index contributed by atoms with van der Waals surface area (Å²) in [6.07, 6.45) is 0. The van der Waals surface area contributed by atoms with Crippen LogP contribution >= 0.6 is 0 Å². The molecule has 22 heavy (non-hydrogen) atoms. The minimum absolute atomic E-state index is 0.836. The molecule has 1 aliphatic rings. The number of para-hydroxylation sites is 3. The predicted octanol–water partition coefficient (Wildman–Crippen LogP) is 5.24. The molecule has 1 N–H and O–H groups in total. The fourth-order valence-corrected chi connectivity index (χ4v) is 2.95. The number of rotatable bonds is 0. The summed E-state index contributed by atoms with van der Waals surface area (Å²) in [6.45, 7) is 0. The Morgan fingerprint density at radius 2 is 1.64 bits per heavy atom. The Morgan fingerprint density at radius 1 is 0.773 bits per heavy atom. The second-order valence-electron chi connectivity index (χ2n) is 5.41. The highest BCUT2D eigenvalue weighted by Crippen LogP contribution is 2.45. The second kappa shape index (κ2) is 4.21. The van der Waals surface area contributed by atoms with Crippen molar-refractivity contribution >= 4 is 33.2 Å². The fraction of sp³-hybridized carbons (Fsp3) is 0. The molecular weight excluding hydrogens is 272 g/mol. The molecule has 0 saturated carbocycles. The summed E-state index contributed by atoms with van der Waals surface area (Å²) in [7, 11) is 0. The molecule has 0 amide bonds. The lowest BCUT2D eigenvalue weighted by Gasteiger charge is -2.23. The first-order valence-corrected chi connectivity index (χ1v) is 7.25. The fourth-order valence-electron chi connectivity index (χ4n) is 2.95. The number of hydrogen-bond acceptors (Lipinski definition) is 3. The molecule has 0 radical (unpaired) electrons. The molecule has 3 nitrogen and oxygen atoms in total. The molecule has 0 bridgehead atoms. The Kier molecular flexibility index (Phi) is 2.22. The van der Waals surface area contributed by atoms with E-state index in [2.05, 4.69) is 17.4 Å². The minimum atomic E-state index is 0.836. The molecule has 3 heteroatoms. The average Bonchev–Trinajstić information content (AvgIpc) is 2.58. The van der Waals surface area contributed by atoms with Crippen molar-refractivity contribution in [3.05, 3.63) is 66.7 Å². The van der Waals surface area contributed by atoms with Gasteiger partial charge in [-0.25, -0.2) is 4.98 Å². The normalized spacial score (nSPS) is 12.4. The van der Waals surface area contributed by atoms with Crippen LogP contribution in [0.25, 0.3) is 21.8 Å². The molecule has 0 aliphatic carbocycles. The first kappa shape index (κ1) is 11.6. The van der Waals surface area contributed by atoms with E-state index in [1.54, 1.807) is 0 Å². The van der Waals surface area contributed by atoms with Gasteiger partial charge in [0.1, 0.15) is 0 Å². The number of aromatic nitrogens is 1. The van der Waals surface area contributed by atoms with E-state index in [0.29, 0.717) is 0 Å². The van der Waals surface area contributed by atoms with Crippen LogP contribution in [0.1, 0.15) is 0 Å². The smallest absolute Gasteiger partial charge is 0.151 e. The number of fused-ring (bicyclic) bond motifs is 5. The third-order valence-electron chi connectivity index (χ3n) is 4.03. The van der Waals surface area contributed by atoms with Gasteiger partial charge in [0.2, 0.25) is 0 Å². The number of anilines is 2. The van der Waals surface area contributed by atoms with E-state index in [9.17, 15) is 0 Å². The molecule has 0 unspecified atom stereocenters.